The van der Waals surface area contributed by atoms with Gasteiger partial charge in [-0.15, -0.1) is 11.3 Å². The summed E-state index contributed by atoms with van der Waals surface area (Å²) >= 11 is 1.81. The van der Waals surface area contributed by atoms with Crippen LogP contribution in [0.4, 0.5) is 0 Å². The highest BCUT2D eigenvalue weighted by molar-refractivity contribution is 7.10. The van der Waals surface area contributed by atoms with Crippen LogP contribution in [0.2, 0.25) is 0 Å². The quantitative estimate of drug-likeness (QED) is 0.921. The van der Waals surface area contributed by atoms with Crippen molar-refractivity contribution in [3.05, 3.63) is 21.4 Å². The van der Waals surface area contributed by atoms with Crippen LogP contribution in [0.15, 0.2) is 5.38 Å². The summed E-state index contributed by atoms with van der Waals surface area (Å²) in [4.78, 5) is 16.8. The van der Waals surface area contributed by atoms with Crippen molar-refractivity contribution >= 4 is 17.2 Å². The first kappa shape index (κ1) is 16.0. The molecule has 1 unspecified atom stereocenters. The summed E-state index contributed by atoms with van der Waals surface area (Å²) in [5.74, 6) is 1.06. The Morgan fingerprint density at radius 2 is 2.14 bits per heavy atom. The molecule has 122 valence electrons. The molecule has 22 heavy (non-hydrogen) atoms. The van der Waals surface area contributed by atoms with E-state index in [1.807, 2.05) is 0 Å². The molecule has 0 spiro atoms. The number of nitrogens with zero attached hydrogens (tertiary/aromatic N) is 1. The molecule has 2 aliphatic rings. The molecular weight excluding hydrogens is 292 g/mol. The van der Waals surface area contributed by atoms with Gasteiger partial charge in [-0.25, -0.2) is 0 Å². The zero-order valence-corrected chi connectivity index (χ0v) is 14.7. The molecule has 1 fully saturated rings. The zero-order chi connectivity index (χ0) is 15.5. The normalized spacial score (nSPS) is 22.4. The van der Waals surface area contributed by atoms with Crippen LogP contribution in [-0.2, 0) is 12.8 Å². The van der Waals surface area contributed by atoms with Crippen LogP contribution in [0.25, 0.3) is 0 Å². The fourth-order valence-electron chi connectivity index (χ4n) is 3.82. The fraction of sp³-hybridized carbons (Fsp3) is 0.722. The molecule has 3 nitrogen and oxygen atoms in total. The van der Waals surface area contributed by atoms with Gasteiger partial charge in [-0.2, -0.15) is 0 Å². The van der Waals surface area contributed by atoms with Crippen molar-refractivity contribution in [2.45, 2.75) is 58.4 Å². The van der Waals surface area contributed by atoms with Gasteiger partial charge in [-0.05, 0) is 63.1 Å². The molecule has 0 saturated carbocycles. The van der Waals surface area contributed by atoms with Crippen molar-refractivity contribution in [3.63, 3.8) is 0 Å². The second-order valence-electron chi connectivity index (χ2n) is 6.88. The topological polar surface area (TPSA) is 32.3 Å². The summed E-state index contributed by atoms with van der Waals surface area (Å²) in [6.45, 7) is 7.47. The first-order chi connectivity index (χ1) is 10.7. The van der Waals surface area contributed by atoms with Gasteiger partial charge in [0.2, 0.25) is 0 Å². The SMILES string of the molecule is CCCN(C(=O)c1csc2c1CCC(C)C2)C1CCNCC1. The lowest BCUT2D eigenvalue weighted by atomic mass is 9.88. The molecule has 1 amide bonds. The molecule has 2 heterocycles. The molecule has 1 aliphatic carbocycles. The molecule has 3 rings (SSSR count). The van der Waals surface area contributed by atoms with Crippen LogP contribution < -0.4 is 5.32 Å². The summed E-state index contributed by atoms with van der Waals surface area (Å²) < 4.78 is 0. The molecule has 1 aromatic rings. The Bertz CT molecular complexity index is 519. The predicted octanol–water partition coefficient (Wildman–Crippen LogP) is 3.48. The van der Waals surface area contributed by atoms with Gasteiger partial charge >= 0.3 is 0 Å². The average Bonchev–Trinajstić information content (AvgIpc) is 2.95. The van der Waals surface area contributed by atoms with E-state index in [-0.39, 0.29) is 0 Å². The van der Waals surface area contributed by atoms with Crippen LogP contribution in [0.5, 0.6) is 0 Å². The van der Waals surface area contributed by atoms with Gasteiger partial charge in [0.25, 0.3) is 5.91 Å². The van der Waals surface area contributed by atoms with Gasteiger partial charge in [0.05, 0.1) is 5.56 Å². The van der Waals surface area contributed by atoms with Gasteiger partial charge in [-0.1, -0.05) is 13.8 Å². The smallest absolute Gasteiger partial charge is 0.255 e. The summed E-state index contributed by atoms with van der Waals surface area (Å²) in [5.41, 5.74) is 2.38. The molecule has 1 saturated heterocycles. The second kappa shape index (κ2) is 7.14. The average molecular weight is 321 g/mol. The van der Waals surface area contributed by atoms with Crippen LogP contribution in [-0.4, -0.2) is 36.5 Å². The third-order valence-electron chi connectivity index (χ3n) is 5.11. The van der Waals surface area contributed by atoms with Crippen molar-refractivity contribution in [2.75, 3.05) is 19.6 Å². The van der Waals surface area contributed by atoms with Crippen molar-refractivity contribution in [2.24, 2.45) is 5.92 Å². The van der Waals surface area contributed by atoms with Crippen LogP contribution >= 0.6 is 11.3 Å². The third kappa shape index (κ3) is 3.23. The van der Waals surface area contributed by atoms with Gasteiger partial charge in [0.15, 0.2) is 0 Å². The number of hydrogen-bond acceptors (Lipinski definition) is 3. The van der Waals surface area contributed by atoms with Gasteiger partial charge < -0.3 is 10.2 Å². The second-order valence-corrected chi connectivity index (χ2v) is 7.84. The number of rotatable bonds is 4. The summed E-state index contributed by atoms with van der Waals surface area (Å²) in [5, 5.41) is 5.54. The number of thiophene rings is 1. The summed E-state index contributed by atoms with van der Waals surface area (Å²) in [6, 6.07) is 0.423. The number of piperidine rings is 1. The van der Waals surface area contributed by atoms with E-state index >= 15 is 0 Å². The van der Waals surface area contributed by atoms with Crippen molar-refractivity contribution < 1.29 is 4.79 Å². The van der Waals surface area contributed by atoms with E-state index in [9.17, 15) is 4.79 Å². The third-order valence-corrected chi connectivity index (χ3v) is 6.16. The Labute approximate surface area is 138 Å². The molecule has 0 radical (unpaired) electrons. The molecule has 1 aromatic heterocycles. The van der Waals surface area contributed by atoms with Gasteiger partial charge in [0, 0.05) is 22.8 Å². The first-order valence-electron chi connectivity index (χ1n) is 8.81. The van der Waals surface area contributed by atoms with E-state index in [0.717, 1.165) is 63.2 Å². The van der Waals surface area contributed by atoms with E-state index in [1.54, 1.807) is 11.3 Å². The monoisotopic (exact) mass is 320 g/mol. The molecule has 0 bridgehead atoms. The highest BCUT2D eigenvalue weighted by atomic mass is 32.1. The van der Waals surface area contributed by atoms with E-state index < -0.39 is 0 Å². The van der Waals surface area contributed by atoms with Crippen LogP contribution in [0.1, 0.15) is 60.3 Å². The predicted molar refractivity (Wildman–Crippen MR) is 92.7 cm³/mol. The lowest BCUT2D eigenvalue weighted by Gasteiger charge is -2.35. The minimum Gasteiger partial charge on any atom is -0.336 e. The lowest BCUT2D eigenvalue weighted by Crippen LogP contribution is -2.46. The number of carbonyl (C=O) groups is 1. The minimum absolute atomic E-state index is 0.292. The summed E-state index contributed by atoms with van der Waals surface area (Å²) in [6.07, 6.45) is 6.70. The Hall–Kier alpha value is -0.870. The van der Waals surface area contributed by atoms with Crippen LogP contribution in [0.3, 0.4) is 0 Å². The zero-order valence-electron chi connectivity index (χ0n) is 13.9. The fourth-order valence-corrected chi connectivity index (χ4v) is 5.06. The largest absolute Gasteiger partial charge is 0.336 e. The minimum atomic E-state index is 0.292. The Morgan fingerprint density at radius 3 is 2.86 bits per heavy atom. The molecule has 4 heteroatoms. The highest BCUT2D eigenvalue weighted by Gasteiger charge is 2.29. The van der Waals surface area contributed by atoms with Gasteiger partial charge in [-0.3, -0.25) is 4.79 Å². The van der Waals surface area contributed by atoms with E-state index in [2.05, 4.69) is 29.4 Å². The molecule has 0 aromatic carbocycles. The first-order valence-corrected chi connectivity index (χ1v) is 9.69. The maximum atomic E-state index is 13.2. The standard InChI is InChI=1S/C18H28N2OS/c1-3-10-20(14-6-8-19-9-7-14)18(21)16-12-22-17-11-13(2)4-5-15(16)17/h12-14,19H,3-11H2,1-2H3. The number of hydrogen-bond donors (Lipinski definition) is 1. The molecule has 1 aliphatic heterocycles. The maximum Gasteiger partial charge on any atom is 0.255 e. The number of amides is 1. The van der Waals surface area contributed by atoms with Crippen molar-refractivity contribution in [1.82, 2.24) is 10.2 Å². The maximum absolute atomic E-state index is 13.2. The van der Waals surface area contributed by atoms with Crippen molar-refractivity contribution in [1.29, 1.82) is 0 Å². The van der Waals surface area contributed by atoms with E-state index in [4.69, 9.17) is 0 Å². The van der Waals surface area contributed by atoms with E-state index in [0.29, 0.717) is 11.9 Å². The Morgan fingerprint density at radius 1 is 1.36 bits per heavy atom. The summed E-state index contributed by atoms with van der Waals surface area (Å²) in [7, 11) is 0. The van der Waals surface area contributed by atoms with E-state index in [1.165, 1.54) is 16.9 Å². The number of carbonyl (C=O) groups excluding carboxylic acids is 1. The molecular formula is C18H28N2OS. The lowest BCUT2D eigenvalue weighted by molar-refractivity contribution is 0.0641. The Balaban J connectivity index is 1.81. The number of fused-ring (bicyclic) bond motifs is 1. The van der Waals surface area contributed by atoms with Crippen molar-refractivity contribution in [3.8, 4) is 0 Å². The highest BCUT2D eigenvalue weighted by Crippen LogP contribution is 2.34. The molecule has 1 atom stereocenters. The van der Waals surface area contributed by atoms with Gasteiger partial charge in [0.1, 0.15) is 0 Å². The number of nitrogens with one attached hydrogen (secondary N) is 1. The Kier molecular flexibility index (Phi) is 5.19. The van der Waals surface area contributed by atoms with Crippen LogP contribution in [0, 0.1) is 5.92 Å². The molecule has 1 N–H and O–H groups in total.